The molecule has 0 unspecified atom stereocenters. The maximum Gasteiger partial charge on any atom is 0.140 e. The molecule has 5 aromatic rings. The number of aromatic nitrogens is 1. The summed E-state index contributed by atoms with van der Waals surface area (Å²) in [7, 11) is 0. The summed E-state index contributed by atoms with van der Waals surface area (Å²) in [5.41, 5.74) is 4.41. The molecule has 0 fully saturated rings. The summed E-state index contributed by atoms with van der Waals surface area (Å²) < 4.78 is 2.22. The van der Waals surface area contributed by atoms with Crippen molar-refractivity contribution in [3.05, 3.63) is 84.4 Å². The molecule has 0 aliphatic carbocycles. The van der Waals surface area contributed by atoms with Crippen molar-refractivity contribution in [3.63, 3.8) is 0 Å². The predicted octanol–water partition coefficient (Wildman–Crippen LogP) is 6.94. The molecule has 0 aliphatic rings. The Kier molecular flexibility index (Phi) is 3.54. The van der Waals surface area contributed by atoms with Crippen molar-refractivity contribution >= 4 is 32.6 Å². The lowest BCUT2D eigenvalue weighted by Gasteiger charge is -2.20. The van der Waals surface area contributed by atoms with Gasteiger partial charge in [-0.1, -0.05) is 81.4 Å². The summed E-state index contributed by atoms with van der Waals surface area (Å²) in [5, 5.41) is 15.5. The maximum atomic E-state index is 10.9. The number of phenolic OH excluding ortho intramolecular Hbond substituents is 1. The summed E-state index contributed by atoms with van der Waals surface area (Å²) in [5.74, 6) is 0.294. The SMILES string of the molecule is CC(C)(C)c1ccc2c3ccccc3n(-c3c(O)ccc4ccccc34)c2c1. The molecule has 0 amide bonds. The first-order chi connectivity index (χ1) is 13.4. The number of rotatable bonds is 1. The van der Waals surface area contributed by atoms with Gasteiger partial charge in [-0.05, 0) is 34.6 Å². The summed E-state index contributed by atoms with van der Waals surface area (Å²) in [6.07, 6.45) is 0. The Hall–Kier alpha value is -3.26. The van der Waals surface area contributed by atoms with Crippen LogP contribution in [0.3, 0.4) is 0 Å². The highest BCUT2D eigenvalue weighted by Crippen LogP contribution is 2.39. The summed E-state index contributed by atoms with van der Waals surface area (Å²) in [6, 6.07) is 27.2. The van der Waals surface area contributed by atoms with E-state index in [1.165, 1.54) is 16.3 Å². The Labute approximate surface area is 164 Å². The fourth-order valence-corrected chi connectivity index (χ4v) is 4.16. The van der Waals surface area contributed by atoms with Crippen LogP contribution in [0.4, 0.5) is 0 Å². The number of phenols is 1. The van der Waals surface area contributed by atoms with Gasteiger partial charge < -0.3 is 9.67 Å². The molecule has 0 saturated heterocycles. The van der Waals surface area contributed by atoms with Crippen LogP contribution in [0.1, 0.15) is 26.3 Å². The van der Waals surface area contributed by atoms with E-state index in [-0.39, 0.29) is 5.41 Å². The third-order valence-corrected chi connectivity index (χ3v) is 5.64. The third-order valence-electron chi connectivity index (χ3n) is 5.64. The second-order valence-corrected chi connectivity index (χ2v) is 8.49. The second-order valence-electron chi connectivity index (χ2n) is 8.49. The second kappa shape index (κ2) is 5.87. The molecule has 0 aliphatic heterocycles. The molecule has 0 saturated carbocycles. The van der Waals surface area contributed by atoms with E-state index in [2.05, 4.69) is 79.9 Å². The van der Waals surface area contributed by atoms with Gasteiger partial charge in [0.05, 0.1) is 16.7 Å². The molecule has 2 heteroatoms. The van der Waals surface area contributed by atoms with Crippen molar-refractivity contribution in [2.45, 2.75) is 26.2 Å². The van der Waals surface area contributed by atoms with Crippen molar-refractivity contribution in [1.29, 1.82) is 0 Å². The topological polar surface area (TPSA) is 25.2 Å². The minimum absolute atomic E-state index is 0.0519. The predicted molar refractivity (Wildman–Crippen MR) is 119 cm³/mol. The van der Waals surface area contributed by atoms with E-state index in [0.717, 1.165) is 27.5 Å². The number of benzene rings is 4. The number of aromatic hydroxyl groups is 1. The molecular formula is C26H23NO. The van der Waals surface area contributed by atoms with Crippen LogP contribution in [0, 0.1) is 0 Å². The molecular weight excluding hydrogens is 342 g/mol. The van der Waals surface area contributed by atoms with E-state index < -0.39 is 0 Å². The summed E-state index contributed by atoms with van der Waals surface area (Å²) in [6.45, 7) is 6.70. The van der Waals surface area contributed by atoms with Gasteiger partial charge in [-0.2, -0.15) is 0 Å². The first kappa shape index (κ1) is 16.9. The van der Waals surface area contributed by atoms with Crippen molar-refractivity contribution < 1.29 is 5.11 Å². The van der Waals surface area contributed by atoms with Crippen LogP contribution in [-0.4, -0.2) is 9.67 Å². The van der Waals surface area contributed by atoms with Gasteiger partial charge in [-0.3, -0.25) is 0 Å². The Morgan fingerprint density at radius 1 is 0.679 bits per heavy atom. The van der Waals surface area contributed by atoms with E-state index >= 15 is 0 Å². The van der Waals surface area contributed by atoms with Gasteiger partial charge in [0, 0.05) is 16.2 Å². The van der Waals surface area contributed by atoms with Crippen LogP contribution in [0.2, 0.25) is 0 Å². The fourth-order valence-electron chi connectivity index (χ4n) is 4.16. The van der Waals surface area contributed by atoms with E-state index in [4.69, 9.17) is 0 Å². The van der Waals surface area contributed by atoms with Gasteiger partial charge in [0.1, 0.15) is 5.75 Å². The van der Waals surface area contributed by atoms with Crippen LogP contribution >= 0.6 is 0 Å². The minimum atomic E-state index is 0.0519. The van der Waals surface area contributed by atoms with Crippen molar-refractivity contribution in [1.82, 2.24) is 4.57 Å². The molecule has 4 aromatic carbocycles. The highest BCUT2D eigenvalue weighted by Gasteiger charge is 2.20. The molecule has 1 aromatic heterocycles. The van der Waals surface area contributed by atoms with Gasteiger partial charge in [-0.15, -0.1) is 0 Å². The van der Waals surface area contributed by atoms with E-state index in [0.29, 0.717) is 5.75 Å². The van der Waals surface area contributed by atoms with Crippen LogP contribution in [0.5, 0.6) is 5.75 Å². The van der Waals surface area contributed by atoms with Gasteiger partial charge in [0.15, 0.2) is 0 Å². The molecule has 0 radical (unpaired) electrons. The first-order valence-electron chi connectivity index (χ1n) is 9.70. The first-order valence-corrected chi connectivity index (χ1v) is 9.70. The molecule has 0 spiro atoms. The quantitative estimate of drug-likeness (QED) is 0.342. The molecule has 1 N–H and O–H groups in total. The standard InChI is InChI=1S/C26H23NO/c1-26(2,3)18-13-14-21-20-10-6-7-11-22(20)27(23(21)16-18)25-19-9-5-4-8-17(19)12-15-24(25)28/h4-16,28H,1-3H3. The molecule has 5 rings (SSSR count). The number of nitrogens with zero attached hydrogens (tertiary/aromatic N) is 1. The smallest absolute Gasteiger partial charge is 0.140 e. The van der Waals surface area contributed by atoms with Crippen LogP contribution in [-0.2, 0) is 5.41 Å². The molecule has 28 heavy (non-hydrogen) atoms. The molecule has 1 heterocycles. The van der Waals surface area contributed by atoms with Gasteiger partial charge in [0.25, 0.3) is 0 Å². The number of hydrogen-bond donors (Lipinski definition) is 1. The lowest BCUT2D eigenvalue weighted by Crippen LogP contribution is -2.10. The largest absolute Gasteiger partial charge is 0.506 e. The van der Waals surface area contributed by atoms with Crippen molar-refractivity contribution in [3.8, 4) is 11.4 Å². The monoisotopic (exact) mass is 365 g/mol. The van der Waals surface area contributed by atoms with Crippen LogP contribution in [0.15, 0.2) is 78.9 Å². The zero-order valence-corrected chi connectivity index (χ0v) is 16.4. The van der Waals surface area contributed by atoms with E-state index in [1.54, 1.807) is 6.07 Å². The zero-order valence-electron chi connectivity index (χ0n) is 16.4. The highest BCUT2D eigenvalue weighted by atomic mass is 16.3. The average Bonchev–Trinajstić information content (AvgIpc) is 3.01. The van der Waals surface area contributed by atoms with E-state index in [1.807, 2.05) is 18.2 Å². The Morgan fingerprint density at radius 2 is 1.36 bits per heavy atom. The molecule has 138 valence electrons. The van der Waals surface area contributed by atoms with Crippen LogP contribution < -0.4 is 0 Å². The Balaban J connectivity index is 2.00. The number of para-hydroxylation sites is 1. The summed E-state index contributed by atoms with van der Waals surface area (Å²) in [4.78, 5) is 0. The average molecular weight is 365 g/mol. The van der Waals surface area contributed by atoms with Gasteiger partial charge >= 0.3 is 0 Å². The lowest BCUT2D eigenvalue weighted by molar-refractivity contribution is 0.474. The van der Waals surface area contributed by atoms with Crippen molar-refractivity contribution in [2.75, 3.05) is 0 Å². The number of fused-ring (bicyclic) bond motifs is 4. The molecule has 0 atom stereocenters. The Morgan fingerprint density at radius 3 is 2.14 bits per heavy atom. The van der Waals surface area contributed by atoms with Crippen LogP contribution in [0.25, 0.3) is 38.3 Å². The maximum absolute atomic E-state index is 10.9. The van der Waals surface area contributed by atoms with E-state index in [9.17, 15) is 5.11 Å². The zero-order chi connectivity index (χ0) is 19.5. The molecule has 0 bridgehead atoms. The highest BCUT2D eigenvalue weighted by molar-refractivity contribution is 6.11. The lowest BCUT2D eigenvalue weighted by atomic mass is 9.86. The third kappa shape index (κ3) is 2.41. The summed E-state index contributed by atoms with van der Waals surface area (Å²) >= 11 is 0. The normalized spacial score (nSPS) is 12.2. The van der Waals surface area contributed by atoms with Gasteiger partial charge in [0.2, 0.25) is 0 Å². The fraction of sp³-hybridized carbons (Fsp3) is 0.154. The van der Waals surface area contributed by atoms with Gasteiger partial charge in [-0.25, -0.2) is 0 Å². The molecule has 2 nitrogen and oxygen atoms in total. The van der Waals surface area contributed by atoms with Crippen molar-refractivity contribution in [2.24, 2.45) is 0 Å². The number of hydrogen-bond acceptors (Lipinski definition) is 1. The minimum Gasteiger partial charge on any atom is -0.506 e. The Bertz CT molecular complexity index is 1350.